The Morgan fingerprint density at radius 3 is 2.59 bits per heavy atom. The summed E-state index contributed by atoms with van der Waals surface area (Å²) in [6.07, 6.45) is 2.58. The summed E-state index contributed by atoms with van der Waals surface area (Å²) in [4.78, 5) is 5.16. The van der Waals surface area contributed by atoms with Gasteiger partial charge in [-0.25, -0.2) is 0 Å². The van der Waals surface area contributed by atoms with E-state index < -0.39 is 0 Å². The first-order chi connectivity index (χ1) is 8.24. The maximum Gasteiger partial charge on any atom is 0.0238 e. The number of fused-ring (bicyclic) bond motifs is 2. The van der Waals surface area contributed by atoms with E-state index in [0.717, 1.165) is 18.5 Å². The molecule has 2 unspecified atom stereocenters. The molecule has 1 aromatic carbocycles. The molecule has 0 saturated carbocycles. The monoisotopic (exact) mass is 294 g/mol. The van der Waals surface area contributed by atoms with E-state index in [1.54, 1.807) is 0 Å². The van der Waals surface area contributed by atoms with Crippen LogP contribution >= 0.6 is 15.9 Å². The molecule has 2 bridgehead atoms. The molecule has 0 aliphatic carbocycles. The molecule has 0 radical (unpaired) electrons. The fourth-order valence-electron chi connectivity index (χ4n) is 3.05. The second kappa shape index (κ2) is 4.71. The number of benzene rings is 1. The summed E-state index contributed by atoms with van der Waals surface area (Å²) in [5.74, 6) is 0. The van der Waals surface area contributed by atoms with Gasteiger partial charge in [-0.2, -0.15) is 0 Å². The summed E-state index contributed by atoms with van der Waals surface area (Å²) in [6, 6.07) is 10.2. The molecule has 4 rings (SSSR count). The molecule has 3 fully saturated rings. The fraction of sp³-hybridized carbons (Fsp3) is 0.571. The van der Waals surface area contributed by atoms with Crippen LogP contribution in [0.5, 0.6) is 0 Å². The van der Waals surface area contributed by atoms with E-state index in [1.807, 2.05) is 0 Å². The van der Waals surface area contributed by atoms with E-state index in [9.17, 15) is 0 Å². The van der Waals surface area contributed by atoms with Gasteiger partial charge in [0, 0.05) is 36.2 Å². The maximum atomic E-state index is 3.62. The van der Waals surface area contributed by atoms with Crippen LogP contribution in [-0.2, 0) is 6.42 Å². The molecule has 3 aliphatic rings. The molecule has 2 atom stereocenters. The van der Waals surface area contributed by atoms with Crippen molar-refractivity contribution >= 4 is 15.9 Å². The number of hydrogen-bond acceptors (Lipinski definition) is 2. The zero-order chi connectivity index (χ0) is 11.8. The molecule has 0 N–H and O–H groups in total. The second-order valence-electron chi connectivity index (χ2n) is 5.31. The van der Waals surface area contributed by atoms with Crippen molar-refractivity contribution in [2.75, 3.05) is 26.7 Å². The van der Waals surface area contributed by atoms with Crippen LogP contribution in [0, 0.1) is 0 Å². The zero-order valence-electron chi connectivity index (χ0n) is 10.3. The molecular formula is C14H19BrN2. The predicted molar refractivity (Wildman–Crippen MR) is 74.2 cm³/mol. The highest BCUT2D eigenvalue weighted by Crippen LogP contribution is 2.30. The molecule has 3 heteroatoms. The minimum absolute atomic E-state index is 0.827. The van der Waals surface area contributed by atoms with Crippen molar-refractivity contribution in [2.45, 2.75) is 24.9 Å². The van der Waals surface area contributed by atoms with Crippen molar-refractivity contribution in [3.05, 3.63) is 34.3 Å². The number of rotatable bonds is 3. The summed E-state index contributed by atoms with van der Waals surface area (Å²) >= 11 is 3.62. The highest BCUT2D eigenvalue weighted by atomic mass is 79.9. The van der Waals surface area contributed by atoms with Gasteiger partial charge in [-0.05, 0) is 31.5 Å². The van der Waals surface area contributed by atoms with Gasteiger partial charge < -0.3 is 0 Å². The van der Waals surface area contributed by atoms with Crippen LogP contribution in [-0.4, -0.2) is 48.6 Å². The lowest BCUT2D eigenvalue weighted by atomic mass is 9.88. The van der Waals surface area contributed by atoms with Crippen molar-refractivity contribution in [3.63, 3.8) is 0 Å². The van der Waals surface area contributed by atoms with Crippen LogP contribution in [0.2, 0.25) is 0 Å². The number of hydrogen-bond donors (Lipinski definition) is 0. The smallest absolute Gasteiger partial charge is 0.0238 e. The average Bonchev–Trinajstić information content (AvgIpc) is 2.37. The van der Waals surface area contributed by atoms with Gasteiger partial charge in [-0.3, -0.25) is 9.80 Å². The molecule has 0 amide bonds. The lowest BCUT2D eigenvalue weighted by Gasteiger charge is -2.55. The summed E-state index contributed by atoms with van der Waals surface area (Å²) < 4.78 is 1.25. The SMILES string of the molecule is CN1C2CC1CN(CCc1ccccc1Br)C2. The molecule has 2 nitrogen and oxygen atoms in total. The number of halogens is 1. The quantitative estimate of drug-likeness (QED) is 0.845. The van der Waals surface area contributed by atoms with Crippen LogP contribution in [0.1, 0.15) is 12.0 Å². The van der Waals surface area contributed by atoms with E-state index >= 15 is 0 Å². The van der Waals surface area contributed by atoms with Crippen LogP contribution in [0.3, 0.4) is 0 Å². The third kappa shape index (κ3) is 2.28. The highest BCUT2D eigenvalue weighted by Gasteiger charge is 2.41. The lowest BCUT2D eigenvalue weighted by Crippen LogP contribution is -2.67. The van der Waals surface area contributed by atoms with Gasteiger partial charge >= 0.3 is 0 Å². The molecular weight excluding hydrogens is 276 g/mol. The van der Waals surface area contributed by atoms with E-state index in [-0.39, 0.29) is 0 Å². The van der Waals surface area contributed by atoms with Crippen LogP contribution in [0.15, 0.2) is 28.7 Å². The van der Waals surface area contributed by atoms with Gasteiger partial charge in [0.2, 0.25) is 0 Å². The second-order valence-corrected chi connectivity index (χ2v) is 6.16. The van der Waals surface area contributed by atoms with E-state index in [1.165, 1.54) is 36.1 Å². The predicted octanol–water partition coefficient (Wildman–Crippen LogP) is 2.38. The third-order valence-electron chi connectivity index (χ3n) is 4.29. The first-order valence-electron chi connectivity index (χ1n) is 6.42. The zero-order valence-corrected chi connectivity index (χ0v) is 11.9. The van der Waals surface area contributed by atoms with Crippen molar-refractivity contribution in [2.24, 2.45) is 0 Å². The Balaban J connectivity index is 1.54. The van der Waals surface area contributed by atoms with Gasteiger partial charge in [-0.1, -0.05) is 34.1 Å². The van der Waals surface area contributed by atoms with Gasteiger partial charge in [0.1, 0.15) is 0 Å². The van der Waals surface area contributed by atoms with Gasteiger partial charge in [0.05, 0.1) is 0 Å². The van der Waals surface area contributed by atoms with Crippen molar-refractivity contribution in [1.29, 1.82) is 0 Å². The Hall–Kier alpha value is -0.380. The molecule has 3 saturated heterocycles. The maximum absolute atomic E-state index is 3.62. The van der Waals surface area contributed by atoms with Gasteiger partial charge in [-0.15, -0.1) is 0 Å². The Kier molecular flexibility index (Phi) is 3.24. The summed E-state index contributed by atoms with van der Waals surface area (Å²) in [5, 5.41) is 0. The number of likely N-dealkylation sites (N-methyl/N-ethyl adjacent to an activating group) is 1. The molecule has 17 heavy (non-hydrogen) atoms. The summed E-state index contributed by atoms with van der Waals surface area (Å²) in [7, 11) is 2.27. The molecule has 0 spiro atoms. The molecule has 92 valence electrons. The van der Waals surface area contributed by atoms with E-state index in [2.05, 4.69) is 57.0 Å². The molecule has 3 heterocycles. The van der Waals surface area contributed by atoms with Crippen LogP contribution in [0.25, 0.3) is 0 Å². The Morgan fingerprint density at radius 2 is 1.94 bits per heavy atom. The Labute approximate surface area is 112 Å². The third-order valence-corrected chi connectivity index (χ3v) is 5.06. The number of nitrogens with zero attached hydrogens (tertiary/aromatic N) is 2. The van der Waals surface area contributed by atoms with E-state index in [4.69, 9.17) is 0 Å². The minimum atomic E-state index is 0.827. The first kappa shape index (κ1) is 11.7. The molecule has 1 aromatic rings. The summed E-state index contributed by atoms with van der Waals surface area (Å²) in [6.45, 7) is 3.72. The largest absolute Gasteiger partial charge is 0.300 e. The van der Waals surface area contributed by atoms with Gasteiger partial charge in [0.15, 0.2) is 0 Å². The standard InChI is InChI=1S/C14H19BrN2/c1-16-12-8-13(16)10-17(9-12)7-6-11-4-2-3-5-14(11)15/h2-5,12-13H,6-10H2,1H3. The van der Waals surface area contributed by atoms with Crippen LogP contribution < -0.4 is 0 Å². The minimum Gasteiger partial charge on any atom is -0.300 e. The summed E-state index contributed by atoms with van der Waals surface area (Å²) in [5.41, 5.74) is 1.43. The Bertz CT molecular complexity index is 395. The highest BCUT2D eigenvalue weighted by molar-refractivity contribution is 9.10. The first-order valence-corrected chi connectivity index (χ1v) is 7.21. The lowest BCUT2D eigenvalue weighted by molar-refractivity contribution is -0.0497. The number of piperazine rings is 1. The fourth-order valence-corrected chi connectivity index (χ4v) is 3.53. The van der Waals surface area contributed by atoms with Crippen molar-refractivity contribution in [3.8, 4) is 0 Å². The van der Waals surface area contributed by atoms with Crippen molar-refractivity contribution < 1.29 is 0 Å². The molecule has 3 aliphatic heterocycles. The van der Waals surface area contributed by atoms with Gasteiger partial charge in [0.25, 0.3) is 0 Å². The Morgan fingerprint density at radius 1 is 1.24 bits per heavy atom. The average molecular weight is 295 g/mol. The van der Waals surface area contributed by atoms with Crippen molar-refractivity contribution in [1.82, 2.24) is 9.80 Å². The van der Waals surface area contributed by atoms with Crippen LogP contribution in [0.4, 0.5) is 0 Å². The normalized spacial score (nSPS) is 29.1. The van der Waals surface area contributed by atoms with E-state index in [0.29, 0.717) is 0 Å². The molecule has 0 aromatic heterocycles. The topological polar surface area (TPSA) is 6.48 Å². The number of piperidine rings is 1.